The fourth-order valence-corrected chi connectivity index (χ4v) is 3.82. The molecule has 0 aliphatic carbocycles. The molecular formula is C24H27F2N3O3. The van der Waals surface area contributed by atoms with E-state index in [-0.39, 0.29) is 28.9 Å². The molecule has 0 spiro atoms. The number of likely N-dealkylation sites (tertiary alicyclic amines) is 1. The van der Waals surface area contributed by atoms with E-state index in [1.807, 2.05) is 6.92 Å². The number of nitrogens with one attached hydrogen (secondary N) is 2. The molecule has 1 saturated heterocycles. The van der Waals surface area contributed by atoms with Crippen molar-refractivity contribution in [2.75, 3.05) is 19.6 Å². The standard InChI is InChI=1S/C24H27F2N3O3/c1-2-13-27-23(31)21(28-22(30)17-7-9-18(25)10-8-17)16-11-14-29(15-12-16)24(32)19-5-3-4-6-20(19)26/h3-10,16,21H,2,11-15H2,1H3,(H,27,31)(H,28,30)/t21-/m1/s1. The molecule has 32 heavy (non-hydrogen) atoms. The van der Waals surface area contributed by atoms with Gasteiger partial charge in [0.15, 0.2) is 0 Å². The second-order valence-corrected chi connectivity index (χ2v) is 7.86. The monoisotopic (exact) mass is 443 g/mol. The van der Waals surface area contributed by atoms with Crippen LogP contribution < -0.4 is 10.6 Å². The van der Waals surface area contributed by atoms with E-state index in [1.165, 1.54) is 42.5 Å². The van der Waals surface area contributed by atoms with Crippen LogP contribution in [-0.4, -0.2) is 48.3 Å². The van der Waals surface area contributed by atoms with Gasteiger partial charge in [-0.05, 0) is 61.6 Å². The van der Waals surface area contributed by atoms with E-state index >= 15 is 0 Å². The Balaban J connectivity index is 1.68. The lowest BCUT2D eigenvalue weighted by molar-refractivity contribution is -0.124. The van der Waals surface area contributed by atoms with Crippen LogP contribution in [0.1, 0.15) is 46.9 Å². The molecule has 1 fully saturated rings. The van der Waals surface area contributed by atoms with E-state index in [0.29, 0.717) is 32.5 Å². The van der Waals surface area contributed by atoms with Crippen LogP contribution in [0.25, 0.3) is 0 Å². The molecule has 3 amide bonds. The van der Waals surface area contributed by atoms with Crippen LogP contribution in [0.3, 0.4) is 0 Å². The fourth-order valence-electron chi connectivity index (χ4n) is 3.82. The lowest BCUT2D eigenvalue weighted by atomic mass is 9.88. The van der Waals surface area contributed by atoms with Crippen molar-refractivity contribution < 1.29 is 23.2 Å². The van der Waals surface area contributed by atoms with E-state index in [9.17, 15) is 23.2 Å². The van der Waals surface area contributed by atoms with Gasteiger partial charge in [-0.15, -0.1) is 0 Å². The first-order valence-electron chi connectivity index (χ1n) is 10.8. The lowest BCUT2D eigenvalue weighted by Gasteiger charge is -2.36. The van der Waals surface area contributed by atoms with E-state index in [1.54, 1.807) is 11.0 Å². The number of hydrogen-bond donors (Lipinski definition) is 2. The molecule has 8 heteroatoms. The minimum Gasteiger partial charge on any atom is -0.354 e. The van der Waals surface area contributed by atoms with Crippen LogP contribution in [0, 0.1) is 17.6 Å². The number of rotatable bonds is 7. The number of amides is 3. The van der Waals surface area contributed by atoms with Gasteiger partial charge in [-0.2, -0.15) is 0 Å². The average Bonchev–Trinajstić information content (AvgIpc) is 2.81. The van der Waals surface area contributed by atoms with Crippen molar-refractivity contribution in [1.29, 1.82) is 0 Å². The summed E-state index contributed by atoms with van der Waals surface area (Å²) in [6, 6.07) is 10.2. The summed E-state index contributed by atoms with van der Waals surface area (Å²) in [5.41, 5.74) is 0.277. The number of nitrogens with zero attached hydrogens (tertiary/aromatic N) is 1. The zero-order valence-corrected chi connectivity index (χ0v) is 17.9. The number of carbonyl (C=O) groups excluding carboxylic acids is 3. The van der Waals surface area contributed by atoms with Crippen LogP contribution in [0.2, 0.25) is 0 Å². The molecule has 0 saturated carbocycles. The molecule has 2 aromatic carbocycles. The normalized spacial score (nSPS) is 15.2. The van der Waals surface area contributed by atoms with Crippen molar-refractivity contribution in [2.24, 2.45) is 5.92 Å². The Morgan fingerprint density at radius 3 is 2.31 bits per heavy atom. The van der Waals surface area contributed by atoms with E-state index in [4.69, 9.17) is 0 Å². The largest absolute Gasteiger partial charge is 0.354 e. The second kappa shape index (κ2) is 10.8. The van der Waals surface area contributed by atoms with Gasteiger partial charge in [0.1, 0.15) is 17.7 Å². The molecule has 2 aromatic rings. The van der Waals surface area contributed by atoms with Crippen molar-refractivity contribution in [3.05, 3.63) is 71.3 Å². The Kier molecular flexibility index (Phi) is 7.92. The van der Waals surface area contributed by atoms with E-state index in [2.05, 4.69) is 10.6 Å². The molecular weight excluding hydrogens is 416 g/mol. The quantitative estimate of drug-likeness (QED) is 0.690. The maximum Gasteiger partial charge on any atom is 0.256 e. The third-order valence-corrected chi connectivity index (χ3v) is 5.63. The topological polar surface area (TPSA) is 78.5 Å². The van der Waals surface area contributed by atoms with Crippen molar-refractivity contribution in [2.45, 2.75) is 32.2 Å². The van der Waals surface area contributed by atoms with E-state index < -0.39 is 23.6 Å². The summed E-state index contributed by atoms with van der Waals surface area (Å²) in [5, 5.41) is 5.60. The van der Waals surface area contributed by atoms with Crippen LogP contribution in [0.4, 0.5) is 8.78 Å². The fraction of sp³-hybridized carbons (Fsp3) is 0.375. The highest BCUT2D eigenvalue weighted by Gasteiger charge is 2.34. The molecule has 1 aliphatic rings. The zero-order valence-electron chi connectivity index (χ0n) is 17.9. The number of carbonyl (C=O) groups is 3. The van der Waals surface area contributed by atoms with Gasteiger partial charge in [-0.3, -0.25) is 14.4 Å². The first-order valence-corrected chi connectivity index (χ1v) is 10.8. The first kappa shape index (κ1) is 23.4. The van der Waals surface area contributed by atoms with Crippen molar-refractivity contribution in [3.63, 3.8) is 0 Å². The highest BCUT2D eigenvalue weighted by molar-refractivity contribution is 5.97. The molecule has 170 valence electrons. The Bertz CT molecular complexity index is 957. The summed E-state index contributed by atoms with van der Waals surface area (Å²) >= 11 is 0. The highest BCUT2D eigenvalue weighted by Crippen LogP contribution is 2.23. The lowest BCUT2D eigenvalue weighted by Crippen LogP contribution is -2.54. The molecule has 1 aliphatic heterocycles. The van der Waals surface area contributed by atoms with E-state index in [0.717, 1.165) is 6.42 Å². The third-order valence-electron chi connectivity index (χ3n) is 5.63. The van der Waals surface area contributed by atoms with Gasteiger partial charge in [-0.1, -0.05) is 19.1 Å². The van der Waals surface area contributed by atoms with Gasteiger partial charge in [0.25, 0.3) is 11.8 Å². The highest BCUT2D eigenvalue weighted by atomic mass is 19.1. The SMILES string of the molecule is CCCNC(=O)[C@H](NC(=O)c1ccc(F)cc1)C1CCN(C(=O)c2ccccc2F)CC1. The van der Waals surface area contributed by atoms with Gasteiger partial charge in [0.2, 0.25) is 5.91 Å². The second-order valence-electron chi connectivity index (χ2n) is 7.86. The molecule has 0 unspecified atom stereocenters. The summed E-state index contributed by atoms with van der Waals surface area (Å²) in [4.78, 5) is 39.7. The predicted molar refractivity (Wildman–Crippen MR) is 116 cm³/mol. The smallest absolute Gasteiger partial charge is 0.256 e. The Hall–Kier alpha value is -3.29. The number of piperidine rings is 1. The molecule has 1 heterocycles. The molecule has 3 rings (SSSR count). The average molecular weight is 443 g/mol. The zero-order chi connectivity index (χ0) is 23.1. The maximum atomic E-state index is 14.0. The number of hydrogen-bond acceptors (Lipinski definition) is 3. The van der Waals surface area contributed by atoms with Crippen molar-refractivity contribution in [1.82, 2.24) is 15.5 Å². The summed E-state index contributed by atoms with van der Waals surface area (Å²) < 4.78 is 27.2. The summed E-state index contributed by atoms with van der Waals surface area (Å²) in [6.45, 7) is 3.11. The predicted octanol–water partition coefficient (Wildman–Crippen LogP) is 3.14. The number of halogens is 2. The van der Waals surface area contributed by atoms with Gasteiger partial charge in [0.05, 0.1) is 5.56 Å². The third kappa shape index (κ3) is 5.69. The summed E-state index contributed by atoms with van der Waals surface area (Å²) in [5.74, 6) is -2.36. The number of benzene rings is 2. The first-order chi connectivity index (χ1) is 15.4. The molecule has 2 N–H and O–H groups in total. The molecule has 0 bridgehead atoms. The Morgan fingerprint density at radius 2 is 1.69 bits per heavy atom. The summed E-state index contributed by atoms with van der Waals surface area (Å²) in [6.07, 6.45) is 1.71. The molecule has 1 atom stereocenters. The minimum absolute atomic E-state index is 0.0211. The van der Waals surface area contributed by atoms with Crippen LogP contribution in [0.15, 0.2) is 48.5 Å². The maximum absolute atomic E-state index is 14.0. The summed E-state index contributed by atoms with van der Waals surface area (Å²) in [7, 11) is 0. The molecule has 0 aromatic heterocycles. The minimum atomic E-state index is -0.787. The molecule has 0 radical (unpaired) electrons. The van der Waals surface area contributed by atoms with Gasteiger partial charge in [0, 0.05) is 25.2 Å². The van der Waals surface area contributed by atoms with Gasteiger partial charge in [-0.25, -0.2) is 8.78 Å². The van der Waals surface area contributed by atoms with Crippen LogP contribution in [0.5, 0.6) is 0 Å². The van der Waals surface area contributed by atoms with Gasteiger partial charge < -0.3 is 15.5 Å². The Labute approximate surface area is 186 Å². The van der Waals surface area contributed by atoms with Crippen molar-refractivity contribution >= 4 is 17.7 Å². The van der Waals surface area contributed by atoms with Crippen LogP contribution >= 0.6 is 0 Å². The van der Waals surface area contributed by atoms with Crippen LogP contribution in [-0.2, 0) is 4.79 Å². The van der Waals surface area contributed by atoms with Crippen molar-refractivity contribution in [3.8, 4) is 0 Å². The van der Waals surface area contributed by atoms with Gasteiger partial charge >= 0.3 is 0 Å². The molecule has 6 nitrogen and oxygen atoms in total. The Morgan fingerprint density at radius 1 is 1.03 bits per heavy atom.